The standard InChI is InChI=1S/C33H33N3O9/c1-4-27(28-18-26(35-45-28)22-13-15-25(16-14-22)44-33(2,3)30(37)38)43-32(40)34-31(39)36(19-21-9-6-5-7-10-21)24-12-8-11-23(17-24)29-41-20-42-29/h5-18,27,29H,4,19-20H2,1-3H3,(H,37,38)(H,34,39,40). The fourth-order valence-electron chi connectivity index (χ4n) is 4.48. The van der Waals surface area contributed by atoms with Crippen molar-refractivity contribution in [2.45, 2.75) is 51.7 Å². The van der Waals surface area contributed by atoms with Crippen molar-refractivity contribution >= 4 is 23.8 Å². The van der Waals surface area contributed by atoms with E-state index in [0.29, 0.717) is 29.1 Å². The van der Waals surface area contributed by atoms with Crippen LogP contribution in [-0.2, 0) is 25.5 Å². The topological polar surface area (TPSA) is 150 Å². The summed E-state index contributed by atoms with van der Waals surface area (Å²) in [7, 11) is 0. The van der Waals surface area contributed by atoms with Crippen LogP contribution in [0.15, 0.2) is 89.5 Å². The highest BCUT2D eigenvalue weighted by molar-refractivity contribution is 6.00. The lowest BCUT2D eigenvalue weighted by molar-refractivity contribution is -0.326. The molecular weight excluding hydrogens is 582 g/mol. The second-order valence-electron chi connectivity index (χ2n) is 10.7. The average Bonchev–Trinajstić information content (AvgIpc) is 3.49. The van der Waals surface area contributed by atoms with Crippen molar-refractivity contribution in [3.05, 3.63) is 102 Å². The number of rotatable bonds is 11. The number of aliphatic carboxylic acids is 1. The summed E-state index contributed by atoms with van der Waals surface area (Å²) in [5.74, 6) is -0.420. The highest BCUT2D eigenvalue weighted by atomic mass is 16.8. The number of aromatic nitrogens is 1. The number of carbonyl (C=O) groups excluding carboxylic acids is 2. The SMILES string of the molecule is CCC(OC(=O)NC(=O)N(Cc1ccccc1)c1cccc(C2OCO2)c1)c1cc(-c2ccc(OC(C)(C)C(=O)O)cc2)no1. The molecule has 1 aliphatic rings. The Hall–Kier alpha value is -5.20. The minimum absolute atomic E-state index is 0.191. The average molecular weight is 616 g/mol. The molecule has 234 valence electrons. The third kappa shape index (κ3) is 7.66. The molecule has 1 unspecified atom stereocenters. The molecular formula is C33H33N3O9. The Morgan fingerprint density at radius 2 is 1.76 bits per heavy atom. The molecule has 1 fully saturated rings. The maximum Gasteiger partial charge on any atom is 0.416 e. The zero-order valence-corrected chi connectivity index (χ0v) is 25.0. The van der Waals surface area contributed by atoms with Gasteiger partial charge in [0.25, 0.3) is 0 Å². The molecule has 0 spiro atoms. The van der Waals surface area contributed by atoms with Gasteiger partial charge in [0.15, 0.2) is 30.5 Å². The van der Waals surface area contributed by atoms with Crippen molar-refractivity contribution in [1.29, 1.82) is 0 Å². The van der Waals surface area contributed by atoms with Gasteiger partial charge in [0, 0.05) is 22.9 Å². The van der Waals surface area contributed by atoms with Crippen molar-refractivity contribution in [2.24, 2.45) is 0 Å². The molecule has 1 aromatic heterocycles. The summed E-state index contributed by atoms with van der Waals surface area (Å²) >= 11 is 0. The third-order valence-corrected chi connectivity index (χ3v) is 7.03. The first kappa shape index (κ1) is 31.2. The van der Waals surface area contributed by atoms with Gasteiger partial charge in [-0.3, -0.25) is 4.90 Å². The molecule has 2 heterocycles. The van der Waals surface area contributed by atoms with Gasteiger partial charge >= 0.3 is 18.1 Å². The number of anilines is 1. The van der Waals surface area contributed by atoms with E-state index >= 15 is 0 Å². The Kier molecular flexibility index (Phi) is 9.45. The number of urea groups is 1. The third-order valence-electron chi connectivity index (χ3n) is 7.03. The Morgan fingerprint density at radius 3 is 2.40 bits per heavy atom. The fraction of sp³-hybridized carbons (Fsp3) is 0.273. The quantitative estimate of drug-likeness (QED) is 0.189. The van der Waals surface area contributed by atoms with Gasteiger partial charge < -0.3 is 28.6 Å². The first-order valence-electron chi connectivity index (χ1n) is 14.3. The number of hydrogen-bond donors (Lipinski definition) is 2. The molecule has 1 atom stereocenters. The lowest BCUT2D eigenvalue weighted by Gasteiger charge is -2.29. The number of ether oxygens (including phenoxy) is 4. The van der Waals surface area contributed by atoms with Gasteiger partial charge in [0.05, 0.1) is 6.54 Å². The monoisotopic (exact) mass is 615 g/mol. The molecule has 3 amide bonds. The maximum absolute atomic E-state index is 13.4. The number of imide groups is 1. The molecule has 45 heavy (non-hydrogen) atoms. The van der Waals surface area contributed by atoms with E-state index in [4.69, 9.17) is 23.5 Å². The van der Waals surface area contributed by atoms with Crippen LogP contribution in [0, 0.1) is 0 Å². The lowest BCUT2D eigenvalue weighted by Crippen LogP contribution is -2.43. The summed E-state index contributed by atoms with van der Waals surface area (Å²) in [5, 5.41) is 15.7. The Labute approximate surface area is 259 Å². The fourth-order valence-corrected chi connectivity index (χ4v) is 4.48. The molecule has 0 bridgehead atoms. The van der Waals surface area contributed by atoms with Crippen LogP contribution in [0.4, 0.5) is 15.3 Å². The van der Waals surface area contributed by atoms with Crippen LogP contribution in [0.3, 0.4) is 0 Å². The molecule has 0 aliphatic carbocycles. The van der Waals surface area contributed by atoms with Crippen molar-refractivity contribution in [3.63, 3.8) is 0 Å². The van der Waals surface area contributed by atoms with Gasteiger partial charge in [-0.25, -0.2) is 19.7 Å². The van der Waals surface area contributed by atoms with Crippen molar-refractivity contribution < 1.29 is 43.0 Å². The van der Waals surface area contributed by atoms with E-state index in [1.54, 1.807) is 55.5 Å². The van der Waals surface area contributed by atoms with E-state index in [1.165, 1.54) is 18.7 Å². The molecule has 2 N–H and O–H groups in total. The van der Waals surface area contributed by atoms with Gasteiger partial charge in [0.2, 0.25) is 0 Å². The van der Waals surface area contributed by atoms with Crippen LogP contribution in [0.2, 0.25) is 0 Å². The second kappa shape index (κ2) is 13.6. The van der Waals surface area contributed by atoms with Gasteiger partial charge in [0.1, 0.15) is 11.4 Å². The predicted molar refractivity (Wildman–Crippen MR) is 161 cm³/mol. The van der Waals surface area contributed by atoms with E-state index < -0.39 is 36.1 Å². The highest BCUT2D eigenvalue weighted by Crippen LogP contribution is 2.31. The highest BCUT2D eigenvalue weighted by Gasteiger charge is 2.30. The summed E-state index contributed by atoms with van der Waals surface area (Å²) in [6, 6.07) is 24.2. The van der Waals surface area contributed by atoms with E-state index in [2.05, 4.69) is 10.5 Å². The molecule has 12 heteroatoms. The lowest BCUT2D eigenvalue weighted by atomic mass is 10.1. The van der Waals surface area contributed by atoms with Gasteiger partial charge in [-0.15, -0.1) is 0 Å². The van der Waals surface area contributed by atoms with E-state index in [9.17, 15) is 19.5 Å². The van der Waals surface area contributed by atoms with E-state index in [0.717, 1.165) is 11.1 Å². The normalized spacial score (nSPS) is 13.8. The van der Waals surface area contributed by atoms with Crippen LogP contribution in [0.1, 0.15) is 56.5 Å². The number of nitrogens with one attached hydrogen (secondary N) is 1. The van der Waals surface area contributed by atoms with Crippen LogP contribution < -0.4 is 15.0 Å². The second-order valence-corrected chi connectivity index (χ2v) is 10.7. The maximum atomic E-state index is 13.4. The zero-order chi connectivity index (χ0) is 32.0. The van der Waals surface area contributed by atoms with Gasteiger partial charge in [-0.05, 0) is 62.2 Å². The molecule has 3 aromatic carbocycles. The zero-order valence-electron chi connectivity index (χ0n) is 25.0. The smallest absolute Gasteiger partial charge is 0.416 e. The van der Waals surface area contributed by atoms with Gasteiger partial charge in [-0.2, -0.15) is 0 Å². The van der Waals surface area contributed by atoms with Crippen molar-refractivity contribution in [1.82, 2.24) is 10.5 Å². The summed E-state index contributed by atoms with van der Waals surface area (Å²) in [4.78, 5) is 39.2. The first-order chi connectivity index (χ1) is 21.6. The Bertz CT molecular complexity index is 1630. The number of alkyl carbamates (subject to hydrolysis) is 1. The number of carboxylic acid groups (broad SMARTS) is 1. The van der Waals surface area contributed by atoms with Crippen molar-refractivity contribution in [2.75, 3.05) is 11.7 Å². The number of amides is 3. The summed E-state index contributed by atoms with van der Waals surface area (Å²) in [5.41, 5.74) is 1.89. The summed E-state index contributed by atoms with van der Waals surface area (Å²) < 4.78 is 27.4. The number of nitrogens with zero attached hydrogens (tertiary/aromatic N) is 2. The molecule has 0 radical (unpaired) electrons. The van der Waals surface area contributed by atoms with Crippen molar-refractivity contribution in [3.8, 4) is 17.0 Å². The summed E-state index contributed by atoms with van der Waals surface area (Å²) in [6.07, 6.45) is -1.93. The number of carboxylic acids is 1. The predicted octanol–water partition coefficient (Wildman–Crippen LogP) is 6.59. The minimum Gasteiger partial charge on any atom is -0.478 e. The number of carbonyl (C=O) groups is 3. The molecule has 0 saturated carbocycles. The molecule has 12 nitrogen and oxygen atoms in total. The Balaban J connectivity index is 1.26. The van der Waals surface area contributed by atoms with E-state index in [-0.39, 0.29) is 19.1 Å². The van der Waals surface area contributed by atoms with Crippen LogP contribution in [0.5, 0.6) is 5.75 Å². The minimum atomic E-state index is -1.39. The number of benzene rings is 3. The van der Waals surface area contributed by atoms with E-state index in [1.807, 2.05) is 36.4 Å². The number of hydrogen-bond acceptors (Lipinski definition) is 9. The largest absolute Gasteiger partial charge is 0.478 e. The van der Waals surface area contributed by atoms with Gasteiger partial charge in [-0.1, -0.05) is 54.5 Å². The molecule has 5 rings (SSSR count). The molecule has 1 aliphatic heterocycles. The summed E-state index contributed by atoms with van der Waals surface area (Å²) in [6.45, 7) is 5.11. The van der Waals surface area contributed by atoms with Crippen LogP contribution in [0.25, 0.3) is 11.3 Å². The van der Waals surface area contributed by atoms with Crippen LogP contribution >= 0.6 is 0 Å². The molecule has 4 aromatic rings. The van der Waals surface area contributed by atoms with Crippen LogP contribution in [-0.4, -0.2) is 40.8 Å². The Morgan fingerprint density at radius 1 is 1.02 bits per heavy atom. The first-order valence-corrected chi connectivity index (χ1v) is 14.3. The molecule has 1 saturated heterocycles.